The first-order valence-corrected chi connectivity index (χ1v) is 12.7. The number of halogens is 4. The molecule has 2 aromatic carbocycles. The van der Waals surface area contributed by atoms with Crippen LogP contribution in [0.4, 0.5) is 18.9 Å². The number of rotatable bonds is 10. The Kier molecular flexibility index (Phi) is 8.64. The highest BCUT2D eigenvalue weighted by Gasteiger charge is 2.41. The Morgan fingerprint density at radius 3 is 2.66 bits per heavy atom. The van der Waals surface area contributed by atoms with E-state index in [1.807, 2.05) is 4.90 Å². The number of likely N-dealkylation sites (tertiary alicyclic amines) is 1. The van der Waals surface area contributed by atoms with Gasteiger partial charge < -0.3 is 25.2 Å². The molecule has 4 rings (SSSR count). The number of carboxylic acid groups (broad SMARTS) is 1. The van der Waals surface area contributed by atoms with Crippen LogP contribution in [0.2, 0.25) is 5.02 Å². The summed E-state index contributed by atoms with van der Waals surface area (Å²) in [6.07, 6.45) is 1.62. The Balaban J connectivity index is 1.37. The lowest BCUT2D eigenvalue weighted by Crippen LogP contribution is -2.45. The van der Waals surface area contributed by atoms with Crippen molar-refractivity contribution in [2.24, 2.45) is 5.41 Å². The zero-order valence-electron chi connectivity index (χ0n) is 20.8. The Morgan fingerprint density at radius 1 is 1.24 bits per heavy atom. The predicted octanol–water partition coefficient (Wildman–Crippen LogP) is 5.41. The van der Waals surface area contributed by atoms with E-state index in [1.165, 1.54) is 13.3 Å². The zero-order chi connectivity index (χ0) is 27.4. The summed E-state index contributed by atoms with van der Waals surface area (Å²) in [7, 11) is 1.54. The average Bonchev–Trinajstić information content (AvgIpc) is 2.90. The number of aromatic nitrogens is 1. The summed E-state index contributed by atoms with van der Waals surface area (Å²) in [4.78, 5) is 18.6. The second-order valence-corrected chi connectivity index (χ2v) is 9.97. The van der Waals surface area contributed by atoms with E-state index in [9.17, 15) is 28.2 Å². The molecule has 1 aliphatic heterocycles. The largest absolute Gasteiger partial charge is 0.497 e. The van der Waals surface area contributed by atoms with Crippen LogP contribution in [-0.2, 0) is 4.79 Å². The maximum Gasteiger partial charge on any atom is 0.309 e. The van der Waals surface area contributed by atoms with E-state index in [0.29, 0.717) is 65.8 Å². The number of carboxylic acids is 1. The maximum atomic E-state index is 13.8. The van der Waals surface area contributed by atoms with Gasteiger partial charge in [-0.05, 0) is 57.0 Å². The molecule has 2 heterocycles. The van der Waals surface area contributed by atoms with Gasteiger partial charge in [-0.2, -0.15) is 0 Å². The minimum Gasteiger partial charge on any atom is -0.497 e. The highest BCUT2D eigenvalue weighted by molar-refractivity contribution is 6.32. The number of anilines is 1. The highest BCUT2D eigenvalue weighted by Crippen LogP contribution is 2.41. The molecular formula is C27H29ClF3N3O4. The van der Waals surface area contributed by atoms with Crippen LogP contribution in [-0.4, -0.2) is 59.4 Å². The quantitative estimate of drug-likeness (QED) is 0.290. The van der Waals surface area contributed by atoms with Gasteiger partial charge in [-0.15, -0.1) is 0 Å². The SMILES string of the molecule is COc1ccc2ncc(Cl)c([C@@H](O)CCC3(C(=O)O)CCN(CCNc4cc(F)cc(F)c4F)CC3)c2c1. The minimum absolute atomic E-state index is 0.189. The maximum absolute atomic E-state index is 13.8. The molecule has 1 aliphatic rings. The van der Waals surface area contributed by atoms with Crippen LogP contribution in [0.1, 0.15) is 37.4 Å². The number of nitrogens with one attached hydrogen (secondary N) is 1. The van der Waals surface area contributed by atoms with Crippen LogP contribution < -0.4 is 10.1 Å². The Labute approximate surface area is 223 Å². The molecule has 0 spiro atoms. The lowest BCUT2D eigenvalue weighted by Gasteiger charge is -2.39. The number of ether oxygens (including phenoxy) is 1. The van der Waals surface area contributed by atoms with Crippen molar-refractivity contribution in [3.05, 3.63) is 64.6 Å². The molecule has 7 nitrogen and oxygen atoms in total. The summed E-state index contributed by atoms with van der Waals surface area (Å²) in [5, 5.41) is 24.8. The van der Waals surface area contributed by atoms with Gasteiger partial charge in [0.15, 0.2) is 11.6 Å². The molecule has 11 heteroatoms. The van der Waals surface area contributed by atoms with Crippen LogP contribution in [0, 0.1) is 22.9 Å². The first kappa shape index (κ1) is 27.9. The third kappa shape index (κ3) is 5.98. The molecule has 204 valence electrons. The number of hydrogen-bond acceptors (Lipinski definition) is 6. The number of aliphatic hydroxyl groups excluding tert-OH is 1. The standard InChI is InChI=1S/C27H29ClF3N3O4/c1-38-17-2-3-21-18(14-17)24(19(28)15-33-21)23(35)4-5-27(26(36)37)6-9-34(10-7-27)11-8-32-22-13-16(29)12-20(30)25(22)31/h2-3,12-15,23,32,35H,4-11H2,1H3,(H,36,37)/t23-/m0/s1. The number of benzene rings is 2. The Morgan fingerprint density at radius 2 is 1.97 bits per heavy atom. The van der Waals surface area contributed by atoms with Gasteiger partial charge in [0.2, 0.25) is 0 Å². The van der Waals surface area contributed by atoms with Crippen LogP contribution in [0.25, 0.3) is 10.9 Å². The number of nitrogens with zero attached hydrogens (tertiary/aromatic N) is 2. The molecule has 3 aromatic rings. The van der Waals surface area contributed by atoms with Crippen molar-refractivity contribution >= 4 is 34.2 Å². The van der Waals surface area contributed by atoms with E-state index in [4.69, 9.17) is 16.3 Å². The van der Waals surface area contributed by atoms with Gasteiger partial charge in [0.25, 0.3) is 0 Å². The van der Waals surface area contributed by atoms with Gasteiger partial charge in [-0.25, -0.2) is 13.2 Å². The lowest BCUT2D eigenvalue weighted by atomic mass is 9.74. The number of carbonyl (C=O) groups is 1. The topological polar surface area (TPSA) is 94.9 Å². The van der Waals surface area contributed by atoms with Gasteiger partial charge in [0.05, 0.1) is 34.9 Å². The monoisotopic (exact) mass is 551 g/mol. The predicted molar refractivity (Wildman–Crippen MR) is 138 cm³/mol. The Hall–Kier alpha value is -3.08. The fourth-order valence-corrected chi connectivity index (χ4v) is 5.28. The van der Waals surface area contributed by atoms with E-state index < -0.39 is 34.9 Å². The number of methoxy groups -OCH3 is 1. The second kappa shape index (κ2) is 11.8. The number of fused-ring (bicyclic) bond motifs is 1. The summed E-state index contributed by atoms with van der Waals surface area (Å²) in [5.74, 6) is -3.62. The van der Waals surface area contributed by atoms with E-state index in [2.05, 4.69) is 10.3 Å². The molecule has 3 N–H and O–H groups in total. The number of aliphatic hydroxyl groups is 1. The molecule has 1 aromatic heterocycles. The molecule has 1 saturated heterocycles. The van der Waals surface area contributed by atoms with Gasteiger partial charge in [0, 0.05) is 42.4 Å². The van der Waals surface area contributed by atoms with E-state index in [-0.39, 0.29) is 25.1 Å². The zero-order valence-corrected chi connectivity index (χ0v) is 21.6. The molecular weight excluding hydrogens is 523 g/mol. The van der Waals surface area contributed by atoms with Crippen LogP contribution in [0.5, 0.6) is 5.75 Å². The Bertz CT molecular complexity index is 1320. The number of hydrogen-bond donors (Lipinski definition) is 3. The fourth-order valence-electron chi connectivity index (χ4n) is 5.00. The number of aliphatic carboxylic acids is 1. The molecule has 0 saturated carbocycles. The smallest absolute Gasteiger partial charge is 0.309 e. The second-order valence-electron chi connectivity index (χ2n) is 9.56. The van der Waals surface area contributed by atoms with Crippen LogP contribution in [0.3, 0.4) is 0 Å². The fraction of sp³-hybridized carbons (Fsp3) is 0.407. The molecule has 0 radical (unpaired) electrons. The van der Waals surface area contributed by atoms with Gasteiger partial charge in [0.1, 0.15) is 11.6 Å². The molecule has 1 fully saturated rings. The molecule has 0 amide bonds. The first-order chi connectivity index (χ1) is 18.1. The summed E-state index contributed by atoms with van der Waals surface area (Å²) >= 11 is 6.39. The first-order valence-electron chi connectivity index (χ1n) is 12.3. The van der Waals surface area contributed by atoms with E-state index in [0.717, 1.165) is 6.07 Å². The van der Waals surface area contributed by atoms with Gasteiger partial charge in [-0.1, -0.05) is 11.6 Å². The van der Waals surface area contributed by atoms with Crippen molar-refractivity contribution < 1.29 is 32.9 Å². The van der Waals surface area contributed by atoms with Crippen molar-refractivity contribution in [2.45, 2.75) is 31.8 Å². The van der Waals surface area contributed by atoms with Crippen molar-refractivity contribution in [3.8, 4) is 5.75 Å². The van der Waals surface area contributed by atoms with Crippen molar-refractivity contribution in [1.82, 2.24) is 9.88 Å². The average molecular weight is 552 g/mol. The minimum atomic E-state index is -1.26. The summed E-state index contributed by atoms with van der Waals surface area (Å²) in [6.45, 7) is 1.62. The number of piperidine rings is 1. The lowest BCUT2D eigenvalue weighted by molar-refractivity contribution is -0.153. The normalized spacial score (nSPS) is 16.4. The molecule has 38 heavy (non-hydrogen) atoms. The number of pyridine rings is 1. The van der Waals surface area contributed by atoms with Gasteiger partial charge >= 0.3 is 5.97 Å². The third-order valence-corrected chi connectivity index (χ3v) is 7.60. The van der Waals surface area contributed by atoms with Crippen LogP contribution in [0.15, 0.2) is 36.5 Å². The van der Waals surface area contributed by atoms with Crippen molar-refractivity contribution in [3.63, 3.8) is 0 Å². The molecule has 1 atom stereocenters. The third-order valence-electron chi connectivity index (χ3n) is 7.30. The molecule has 0 aliphatic carbocycles. The molecule has 0 unspecified atom stereocenters. The van der Waals surface area contributed by atoms with Crippen molar-refractivity contribution in [1.29, 1.82) is 0 Å². The highest BCUT2D eigenvalue weighted by atomic mass is 35.5. The summed E-state index contributed by atoms with van der Waals surface area (Å²) in [6, 6.07) is 6.65. The molecule has 0 bridgehead atoms. The van der Waals surface area contributed by atoms with Crippen molar-refractivity contribution in [2.75, 3.05) is 38.6 Å². The summed E-state index contributed by atoms with van der Waals surface area (Å²) in [5.41, 5.74) is -0.149. The van der Waals surface area contributed by atoms with Crippen LogP contribution >= 0.6 is 11.6 Å². The van der Waals surface area contributed by atoms with Gasteiger partial charge in [-0.3, -0.25) is 9.78 Å². The van der Waals surface area contributed by atoms with E-state index >= 15 is 0 Å². The summed E-state index contributed by atoms with van der Waals surface area (Å²) < 4.78 is 45.9. The van der Waals surface area contributed by atoms with E-state index in [1.54, 1.807) is 18.2 Å².